The normalized spacial score (nSPS) is 15.4. The summed E-state index contributed by atoms with van der Waals surface area (Å²) in [6, 6.07) is 76.0. The van der Waals surface area contributed by atoms with Gasteiger partial charge in [0.2, 0.25) is 0 Å². The van der Waals surface area contributed by atoms with Gasteiger partial charge < -0.3 is 21.3 Å². The lowest BCUT2D eigenvalue weighted by Crippen LogP contribution is -2.27. The van der Waals surface area contributed by atoms with Crippen LogP contribution in [0.1, 0.15) is 168 Å². The number of nitrogens with one attached hydrogen (secondary N) is 4. The Balaban J connectivity index is 0.000000171. The van der Waals surface area contributed by atoms with Crippen LogP contribution in [0.15, 0.2) is 237 Å². The Bertz CT molecular complexity index is 2620. The Morgan fingerprint density at radius 3 is 1.28 bits per heavy atom. The molecule has 0 saturated heterocycles. The number of hydrogen-bond donors (Lipinski definition) is 4. The Morgan fingerprint density at radius 1 is 0.436 bits per heavy atom. The van der Waals surface area contributed by atoms with Gasteiger partial charge in [0.15, 0.2) is 0 Å². The molecule has 2 saturated carbocycles. The molecule has 7 aromatic rings. The van der Waals surface area contributed by atoms with Gasteiger partial charge in [-0.25, -0.2) is 0 Å². The Kier molecular flexibility index (Phi) is 28.6. The van der Waals surface area contributed by atoms with E-state index in [9.17, 15) is 0 Å². The molecule has 0 spiro atoms. The molecule has 2 aliphatic rings. The van der Waals surface area contributed by atoms with Crippen LogP contribution in [-0.4, -0.2) is 26.2 Å². The summed E-state index contributed by atoms with van der Waals surface area (Å²) >= 11 is 0. The van der Waals surface area contributed by atoms with E-state index in [1.54, 1.807) is 0 Å². The van der Waals surface area contributed by atoms with Crippen LogP contribution in [0.2, 0.25) is 0 Å². The average Bonchev–Trinajstić information content (AvgIpc) is 3.53. The van der Waals surface area contributed by atoms with Gasteiger partial charge in [0, 0.05) is 43.8 Å². The number of allylic oxidation sites excluding steroid dienone is 2. The van der Waals surface area contributed by atoms with Gasteiger partial charge in [0.1, 0.15) is 0 Å². The first kappa shape index (κ1) is 60.8. The summed E-state index contributed by atoms with van der Waals surface area (Å²) in [6.07, 6.45) is 24.5. The fourth-order valence-corrected chi connectivity index (χ4v) is 10.6. The highest BCUT2D eigenvalue weighted by Crippen LogP contribution is 2.27. The second-order valence-corrected chi connectivity index (χ2v) is 21.2. The van der Waals surface area contributed by atoms with Gasteiger partial charge in [-0.15, -0.1) is 0 Å². The molecule has 2 aliphatic carbocycles. The molecule has 78 heavy (non-hydrogen) atoms. The highest BCUT2D eigenvalue weighted by atomic mass is 14.9. The summed E-state index contributed by atoms with van der Waals surface area (Å²) in [7, 11) is 0. The molecule has 0 aliphatic heterocycles. The second kappa shape index (κ2) is 36.6. The lowest BCUT2D eigenvalue weighted by molar-refractivity contribution is 0.331. The standard InChI is InChI=1S/C24H25N.C18H21N.C17H25N.C15H23N/c1-2-24(22-16-10-5-11-17-22)25-19-18-23(20-12-6-3-7-13-20)21-14-8-4-9-15-21;1-3-16(18-12-8-5-9-13-18)14-19-15(2)17-10-6-4-7-11-17;1-15(17-12-6-3-7-13-17)18-14-8-11-16-9-4-2-5-10-16;1-13(15-10-6-3-7-11-15)16-12-14-8-4-2-5-9-14/h3-18,24-25H,2,19H2,1H3;3-13,15,19H,14H2,1-2H3;3,6-8,11-13,15-16,18H,2,4-5,9-10,14H2,1H3;3,6-7,10-11,13-14,16H,2,4-5,8-9,12H2,1H3/b;16-3-;11-8+;/t24-;2*15-;13-/m1111/s1. The monoisotopic (exact) mass is 1040 g/mol. The molecule has 0 amide bonds. The van der Waals surface area contributed by atoms with Crippen LogP contribution < -0.4 is 21.3 Å². The molecule has 9 rings (SSSR count). The quantitative estimate of drug-likeness (QED) is 0.0542. The third-order valence-corrected chi connectivity index (χ3v) is 15.5. The summed E-state index contributed by atoms with van der Waals surface area (Å²) in [4.78, 5) is 0. The topological polar surface area (TPSA) is 48.1 Å². The molecule has 2 fully saturated rings. The van der Waals surface area contributed by atoms with Crippen LogP contribution in [0.25, 0.3) is 11.1 Å². The van der Waals surface area contributed by atoms with Gasteiger partial charge >= 0.3 is 0 Å². The smallest absolute Gasteiger partial charge is 0.0320 e. The SMILES string of the molecule is C/C=C(/CN[C@H](C)c1ccccc1)c1ccccc1.CC[C@@H](NCC=C(c1ccccc1)c1ccccc1)c1ccccc1.C[C@@H](NC/C=C/C1CCCCC1)c1ccccc1.C[C@@H](NCC1CCCCC1)c1ccccc1. The van der Waals surface area contributed by atoms with Gasteiger partial charge in [-0.05, 0) is 128 Å². The fourth-order valence-electron chi connectivity index (χ4n) is 10.6. The maximum Gasteiger partial charge on any atom is 0.0320 e. The first-order valence-corrected chi connectivity index (χ1v) is 29.7. The van der Waals surface area contributed by atoms with E-state index in [0.29, 0.717) is 24.2 Å². The molecular formula is C74H94N4. The molecule has 4 atom stereocenters. The van der Waals surface area contributed by atoms with Crippen LogP contribution in [-0.2, 0) is 0 Å². The fraction of sp³-hybridized carbons (Fsp3) is 0.351. The van der Waals surface area contributed by atoms with Crippen molar-refractivity contribution in [1.29, 1.82) is 0 Å². The van der Waals surface area contributed by atoms with Crippen molar-refractivity contribution in [3.8, 4) is 0 Å². The first-order valence-electron chi connectivity index (χ1n) is 29.7. The molecule has 0 unspecified atom stereocenters. The zero-order chi connectivity index (χ0) is 54.7. The highest BCUT2D eigenvalue weighted by Gasteiger charge is 2.15. The van der Waals surface area contributed by atoms with Crippen LogP contribution in [0.4, 0.5) is 0 Å². The van der Waals surface area contributed by atoms with Gasteiger partial charge in [-0.3, -0.25) is 0 Å². The van der Waals surface area contributed by atoms with E-state index in [0.717, 1.165) is 37.9 Å². The molecule has 4 N–H and O–H groups in total. The van der Waals surface area contributed by atoms with Crippen molar-refractivity contribution in [2.75, 3.05) is 26.2 Å². The third kappa shape index (κ3) is 22.5. The van der Waals surface area contributed by atoms with Crippen molar-refractivity contribution in [3.63, 3.8) is 0 Å². The summed E-state index contributed by atoms with van der Waals surface area (Å²) in [6.45, 7) is 14.9. The minimum atomic E-state index is 0.361. The molecule has 7 aromatic carbocycles. The number of benzene rings is 7. The van der Waals surface area contributed by atoms with Gasteiger partial charge in [-0.2, -0.15) is 0 Å². The predicted molar refractivity (Wildman–Crippen MR) is 338 cm³/mol. The largest absolute Gasteiger partial charge is 0.310 e. The Hall–Kier alpha value is -6.40. The third-order valence-electron chi connectivity index (χ3n) is 15.5. The van der Waals surface area contributed by atoms with Gasteiger partial charge in [-0.1, -0.05) is 282 Å². The number of rotatable bonds is 21. The van der Waals surface area contributed by atoms with E-state index in [4.69, 9.17) is 0 Å². The molecule has 410 valence electrons. The van der Waals surface area contributed by atoms with Gasteiger partial charge in [0.05, 0.1) is 0 Å². The highest BCUT2D eigenvalue weighted by molar-refractivity contribution is 5.79. The first-order chi connectivity index (χ1) is 38.4. The Labute approximate surface area is 473 Å². The van der Waals surface area contributed by atoms with Crippen LogP contribution in [0, 0.1) is 11.8 Å². The van der Waals surface area contributed by atoms with Crippen molar-refractivity contribution in [3.05, 3.63) is 276 Å². The zero-order valence-corrected chi connectivity index (χ0v) is 48.1. The maximum absolute atomic E-state index is 3.68. The van der Waals surface area contributed by atoms with Crippen molar-refractivity contribution in [1.82, 2.24) is 21.3 Å². The lowest BCUT2D eigenvalue weighted by Gasteiger charge is -2.24. The minimum absolute atomic E-state index is 0.361. The average molecular weight is 1040 g/mol. The Morgan fingerprint density at radius 2 is 0.833 bits per heavy atom. The van der Waals surface area contributed by atoms with Crippen molar-refractivity contribution < 1.29 is 0 Å². The molecule has 4 nitrogen and oxygen atoms in total. The van der Waals surface area contributed by atoms with E-state index in [1.807, 2.05) is 0 Å². The van der Waals surface area contributed by atoms with E-state index in [1.165, 1.54) is 121 Å². The van der Waals surface area contributed by atoms with E-state index >= 15 is 0 Å². The number of hydrogen-bond acceptors (Lipinski definition) is 4. The summed E-state index contributed by atoms with van der Waals surface area (Å²) in [5.41, 5.74) is 11.8. The molecular weight excluding hydrogens is 945 g/mol. The summed E-state index contributed by atoms with van der Waals surface area (Å²) in [5.74, 6) is 1.76. The van der Waals surface area contributed by atoms with E-state index < -0.39 is 0 Å². The zero-order valence-electron chi connectivity index (χ0n) is 48.1. The van der Waals surface area contributed by atoms with Crippen molar-refractivity contribution >= 4 is 11.1 Å². The van der Waals surface area contributed by atoms with Gasteiger partial charge in [0.25, 0.3) is 0 Å². The molecule has 0 radical (unpaired) electrons. The minimum Gasteiger partial charge on any atom is -0.310 e. The van der Waals surface area contributed by atoms with Crippen molar-refractivity contribution in [2.24, 2.45) is 11.8 Å². The van der Waals surface area contributed by atoms with Crippen molar-refractivity contribution in [2.45, 2.75) is 129 Å². The van der Waals surface area contributed by atoms with E-state index in [2.05, 4.69) is 293 Å². The predicted octanol–water partition coefficient (Wildman–Crippen LogP) is 18.7. The maximum atomic E-state index is 3.68. The van der Waals surface area contributed by atoms with Crippen LogP contribution in [0.5, 0.6) is 0 Å². The van der Waals surface area contributed by atoms with Crippen LogP contribution >= 0.6 is 0 Å². The van der Waals surface area contributed by atoms with E-state index in [-0.39, 0.29) is 0 Å². The lowest BCUT2D eigenvalue weighted by atomic mass is 9.89. The molecule has 0 heterocycles. The summed E-state index contributed by atoms with van der Waals surface area (Å²) < 4.78 is 0. The molecule has 4 heteroatoms. The van der Waals surface area contributed by atoms with Crippen LogP contribution in [0.3, 0.4) is 0 Å². The second-order valence-electron chi connectivity index (χ2n) is 21.2. The molecule has 0 aromatic heterocycles. The summed E-state index contributed by atoms with van der Waals surface area (Å²) in [5, 5.41) is 14.5. The molecule has 0 bridgehead atoms.